The number of benzene rings is 1. The highest BCUT2D eigenvalue weighted by molar-refractivity contribution is 5.98. The summed E-state index contributed by atoms with van der Waals surface area (Å²) >= 11 is 0. The minimum absolute atomic E-state index is 0.00947. The van der Waals surface area contributed by atoms with Crippen molar-refractivity contribution >= 4 is 17.7 Å². The molecule has 134 valence electrons. The molecule has 0 spiro atoms. The number of hydrogen-bond donors (Lipinski definition) is 3. The molecule has 0 radical (unpaired) electrons. The zero-order chi connectivity index (χ0) is 18.3. The molecule has 10 heteroatoms. The second-order valence-electron chi connectivity index (χ2n) is 5.90. The molecule has 1 aromatic carbocycles. The monoisotopic (exact) mass is 357 g/mol. The van der Waals surface area contributed by atoms with Gasteiger partial charge in [0.25, 0.3) is 5.91 Å². The molecule has 2 aliphatic rings. The van der Waals surface area contributed by atoms with E-state index in [1.54, 1.807) is 0 Å². The van der Waals surface area contributed by atoms with Crippen molar-refractivity contribution in [1.29, 1.82) is 0 Å². The minimum atomic E-state index is -1.41. The van der Waals surface area contributed by atoms with Gasteiger partial charge in [0.2, 0.25) is 11.8 Å². The highest BCUT2D eigenvalue weighted by Crippen LogP contribution is 2.23. The molecule has 0 aromatic heterocycles. The molecule has 0 aliphatic carbocycles. The second-order valence-corrected chi connectivity index (χ2v) is 5.90. The summed E-state index contributed by atoms with van der Waals surface area (Å²) in [7, 11) is 0. The molecule has 0 unspecified atom stereocenters. The van der Waals surface area contributed by atoms with Gasteiger partial charge in [-0.2, -0.15) is 0 Å². The highest BCUT2D eigenvalue weighted by atomic mass is 19.2. The number of fused-ring (bicyclic) bond motifs is 1. The number of rotatable bonds is 3. The van der Waals surface area contributed by atoms with Crippen LogP contribution in [0.2, 0.25) is 0 Å². The van der Waals surface area contributed by atoms with Gasteiger partial charge in [-0.15, -0.1) is 0 Å². The van der Waals surface area contributed by atoms with Gasteiger partial charge < -0.3 is 20.6 Å². The minimum Gasteiger partial charge on any atom is -0.394 e. The Morgan fingerprint density at radius 1 is 1.24 bits per heavy atom. The van der Waals surface area contributed by atoms with Gasteiger partial charge in [-0.05, 0) is 12.5 Å². The normalized spacial score (nSPS) is 25.6. The lowest BCUT2D eigenvalue weighted by Crippen LogP contribution is -2.62. The lowest BCUT2D eigenvalue weighted by atomic mass is 10.1. The summed E-state index contributed by atoms with van der Waals surface area (Å²) in [5, 5.41) is 13.9. The Balaban J connectivity index is 1.73. The molecule has 3 atom stereocenters. The summed E-state index contributed by atoms with van der Waals surface area (Å²) in [6.45, 7) is -0.560. The number of nitrogens with zero attached hydrogens (tertiary/aromatic N) is 1. The maximum atomic E-state index is 13.6. The summed E-state index contributed by atoms with van der Waals surface area (Å²) in [5.74, 6) is -5.92. The van der Waals surface area contributed by atoms with Crippen LogP contribution in [0.4, 0.5) is 13.2 Å². The highest BCUT2D eigenvalue weighted by Gasteiger charge is 2.46. The second kappa shape index (κ2) is 6.36. The topological polar surface area (TPSA) is 98.7 Å². The van der Waals surface area contributed by atoms with Crippen molar-refractivity contribution < 1.29 is 32.7 Å². The average Bonchev–Trinajstić information content (AvgIpc) is 2.98. The van der Waals surface area contributed by atoms with Crippen LogP contribution in [-0.4, -0.2) is 59.0 Å². The first-order chi connectivity index (χ1) is 11.8. The van der Waals surface area contributed by atoms with Gasteiger partial charge in [-0.1, -0.05) is 0 Å². The molecular formula is C15H14F3N3O4. The lowest BCUT2D eigenvalue weighted by Gasteiger charge is -2.33. The van der Waals surface area contributed by atoms with Crippen molar-refractivity contribution in [3.05, 3.63) is 35.1 Å². The number of halogens is 3. The SMILES string of the molecule is O=C(N[C@H]1C[C@H]2C(=O)N[C@@H](CO)C(=O)N2C1)c1cc(F)c(F)cc1F. The summed E-state index contributed by atoms with van der Waals surface area (Å²) in [6, 6.07) is -1.80. The first-order valence-corrected chi connectivity index (χ1v) is 7.49. The molecule has 0 saturated carbocycles. The predicted molar refractivity (Wildman–Crippen MR) is 76.7 cm³/mol. The molecule has 25 heavy (non-hydrogen) atoms. The third-order valence-corrected chi connectivity index (χ3v) is 4.27. The van der Waals surface area contributed by atoms with Crippen molar-refractivity contribution in [1.82, 2.24) is 15.5 Å². The first-order valence-electron chi connectivity index (χ1n) is 7.49. The number of amides is 3. The van der Waals surface area contributed by atoms with E-state index in [-0.39, 0.29) is 19.0 Å². The molecular weight excluding hydrogens is 343 g/mol. The molecule has 2 aliphatic heterocycles. The summed E-state index contributed by atoms with van der Waals surface area (Å²) in [4.78, 5) is 37.4. The van der Waals surface area contributed by atoms with Crippen molar-refractivity contribution in [3.8, 4) is 0 Å². The smallest absolute Gasteiger partial charge is 0.254 e. The number of carbonyl (C=O) groups excluding carboxylic acids is 3. The predicted octanol–water partition coefficient (Wildman–Crippen LogP) is -0.706. The number of carbonyl (C=O) groups is 3. The van der Waals surface area contributed by atoms with Crippen LogP contribution in [-0.2, 0) is 9.59 Å². The van der Waals surface area contributed by atoms with E-state index in [0.29, 0.717) is 6.07 Å². The molecule has 2 fully saturated rings. The number of nitrogens with one attached hydrogen (secondary N) is 2. The fraction of sp³-hybridized carbons (Fsp3) is 0.400. The van der Waals surface area contributed by atoms with E-state index in [1.165, 1.54) is 4.90 Å². The Morgan fingerprint density at radius 3 is 2.60 bits per heavy atom. The molecule has 1 aromatic rings. The van der Waals surface area contributed by atoms with E-state index in [9.17, 15) is 27.6 Å². The molecule has 3 rings (SSSR count). The van der Waals surface area contributed by atoms with Gasteiger partial charge in [0.1, 0.15) is 17.9 Å². The van der Waals surface area contributed by atoms with E-state index in [2.05, 4.69) is 10.6 Å². The zero-order valence-electron chi connectivity index (χ0n) is 12.8. The summed E-state index contributed by atoms with van der Waals surface area (Å²) in [5.41, 5.74) is -0.673. The number of aliphatic hydroxyl groups excluding tert-OH is 1. The van der Waals surface area contributed by atoms with E-state index >= 15 is 0 Å². The van der Waals surface area contributed by atoms with Crippen LogP contribution >= 0.6 is 0 Å². The van der Waals surface area contributed by atoms with Crippen molar-refractivity contribution in [2.24, 2.45) is 0 Å². The van der Waals surface area contributed by atoms with Gasteiger partial charge in [0.05, 0.1) is 12.2 Å². The number of hydrogen-bond acceptors (Lipinski definition) is 4. The van der Waals surface area contributed by atoms with Crippen LogP contribution in [0.3, 0.4) is 0 Å². The molecule has 0 bridgehead atoms. The van der Waals surface area contributed by atoms with E-state index in [1.807, 2.05) is 0 Å². The quantitative estimate of drug-likeness (QED) is 0.623. The van der Waals surface area contributed by atoms with E-state index < -0.39 is 65.5 Å². The number of piperazine rings is 1. The fourth-order valence-corrected chi connectivity index (χ4v) is 3.05. The zero-order valence-corrected chi connectivity index (χ0v) is 12.8. The summed E-state index contributed by atoms with van der Waals surface area (Å²) in [6.07, 6.45) is 0.0900. The van der Waals surface area contributed by atoms with Crippen LogP contribution in [0.25, 0.3) is 0 Å². The van der Waals surface area contributed by atoms with Crippen LogP contribution < -0.4 is 10.6 Å². The van der Waals surface area contributed by atoms with Gasteiger partial charge in [-0.25, -0.2) is 13.2 Å². The molecule has 7 nitrogen and oxygen atoms in total. The van der Waals surface area contributed by atoms with Gasteiger partial charge in [0.15, 0.2) is 11.6 Å². The average molecular weight is 357 g/mol. The number of aliphatic hydroxyl groups is 1. The van der Waals surface area contributed by atoms with Crippen molar-refractivity contribution in [2.75, 3.05) is 13.2 Å². The Hall–Kier alpha value is -2.62. The van der Waals surface area contributed by atoms with Gasteiger partial charge >= 0.3 is 0 Å². The Kier molecular flexibility index (Phi) is 4.38. The largest absolute Gasteiger partial charge is 0.394 e. The van der Waals surface area contributed by atoms with Gasteiger partial charge in [-0.3, -0.25) is 14.4 Å². The molecule has 3 N–H and O–H groups in total. The first kappa shape index (κ1) is 17.2. The van der Waals surface area contributed by atoms with Crippen molar-refractivity contribution in [2.45, 2.75) is 24.5 Å². The van der Waals surface area contributed by atoms with Gasteiger partial charge in [0, 0.05) is 18.7 Å². The Labute approximate surface area is 139 Å². The molecule has 3 amide bonds. The Bertz CT molecular complexity index is 758. The fourth-order valence-electron chi connectivity index (χ4n) is 3.05. The standard InChI is InChI=1S/C15H14F3N3O4/c16-8-3-10(18)9(17)2-7(8)13(23)19-6-1-12-14(24)20-11(5-22)15(25)21(12)4-6/h2-3,6,11-12,22H,1,4-5H2,(H,19,23)(H,20,24)/t6-,11-,12-/m0/s1. The van der Waals surface area contributed by atoms with Crippen LogP contribution in [0.5, 0.6) is 0 Å². The third kappa shape index (κ3) is 3.04. The maximum absolute atomic E-state index is 13.6. The maximum Gasteiger partial charge on any atom is 0.254 e. The molecule has 2 heterocycles. The van der Waals surface area contributed by atoms with E-state index in [0.717, 1.165) is 0 Å². The summed E-state index contributed by atoms with van der Waals surface area (Å²) < 4.78 is 39.8. The van der Waals surface area contributed by atoms with Crippen molar-refractivity contribution in [3.63, 3.8) is 0 Å². The van der Waals surface area contributed by atoms with Crippen LogP contribution in [0.15, 0.2) is 12.1 Å². The van der Waals surface area contributed by atoms with Crippen LogP contribution in [0.1, 0.15) is 16.8 Å². The molecule has 2 saturated heterocycles. The van der Waals surface area contributed by atoms with E-state index in [4.69, 9.17) is 5.11 Å². The Morgan fingerprint density at radius 2 is 1.92 bits per heavy atom. The van der Waals surface area contributed by atoms with Crippen LogP contribution in [0, 0.1) is 17.5 Å². The third-order valence-electron chi connectivity index (χ3n) is 4.27. The lowest BCUT2D eigenvalue weighted by molar-refractivity contribution is -0.148.